The normalized spacial score (nSPS) is 10.7. The number of halogens is 1. The molecule has 2 heterocycles. The van der Waals surface area contributed by atoms with Crippen LogP contribution in [0.25, 0.3) is 11.3 Å². The van der Waals surface area contributed by atoms with Crippen molar-refractivity contribution < 1.29 is 19.1 Å². The Morgan fingerprint density at radius 3 is 2.50 bits per heavy atom. The fourth-order valence-electron chi connectivity index (χ4n) is 2.90. The Labute approximate surface area is 189 Å². The van der Waals surface area contributed by atoms with Crippen molar-refractivity contribution in [2.45, 2.75) is 20.0 Å². The molecule has 2 aromatic heterocycles. The topological polar surface area (TPSA) is 133 Å². The molecule has 0 spiro atoms. The number of hydrogen-bond acceptors (Lipinski definition) is 9. The van der Waals surface area contributed by atoms with Crippen molar-refractivity contribution in [2.75, 3.05) is 19.5 Å². The number of nitrogens with one attached hydrogen (secondary N) is 2. The first-order valence-corrected chi connectivity index (χ1v) is 9.93. The highest BCUT2D eigenvalue weighted by Crippen LogP contribution is 2.39. The summed E-state index contributed by atoms with van der Waals surface area (Å²) >= 11 is 6.00. The van der Waals surface area contributed by atoms with Gasteiger partial charge in [-0.15, -0.1) is 10.2 Å². The van der Waals surface area contributed by atoms with Crippen LogP contribution in [0.4, 0.5) is 11.4 Å². The Hall–Kier alpha value is -3.73. The predicted molar refractivity (Wildman–Crippen MR) is 117 cm³/mol. The largest absolute Gasteiger partial charge is 0.494 e. The van der Waals surface area contributed by atoms with Crippen LogP contribution in [-0.4, -0.2) is 57.3 Å². The molecule has 0 aliphatic heterocycles. The van der Waals surface area contributed by atoms with Gasteiger partial charge in [-0.25, -0.2) is 4.79 Å². The maximum Gasteiger partial charge on any atom is 0.338 e. The first kappa shape index (κ1) is 22.9. The number of amides is 1. The lowest BCUT2D eigenvalue weighted by atomic mass is 10.0. The number of ether oxygens (including phenoxy) is 2. The Balaban J connectivity index is 2.19. The summed E-state index contributed by atoms with van der Waals surface area (Å²) in [4.78, 5) is 26.3. The summed E-state index contributed by atoms with van der Waals surface area (Å²) in [6.07, 6.45) is 1.23. The van der Waals surface area contributed by atoms with Gasteiger partial charge in [0.25, 0.3) is 5.91 Å². The molecule has 168 valence electrons. The summed E-state index contributed by atoms with van der Waals surface area (Å²) in [5.74, 6) is -0.643. The van der Waals surface area contributed by atoms with E-state index in [0.717, 1.165) is 0 Å². The Morgan fingerprint density at radius 2 is 1.91 bits per heavy atom. The van der Waals surface area contributed by atoms with E-state index in [9.17, 15) is 9.59 Å². The van der Waals surface area contributed by atoms with Crippen LogP contribution >= 0.6 is 11.6 Å². The van der Waals surface area contributed by atoms with E-state index >= 15 is 0 Å². The average Bonchev–Trinajstić information content (AvgIpc) is 3.18. The number of carbonyl (C=O) groups is 2. The summed E-state index contributed by atoms with van der Waals surface area (Å²) in [5.41, 5.74) is 1.86. The molecule has 0 saturated carbocycles. The molecule has 0 radical (unpaired) electrons. The summed E-state index contributed by atoms with van der Waals surface area (Å²) in [7, 11) is 4.62. The van der Waals surface area contributed by atoms with Crippen molar-refractivity contribution in [3.8, 4) is 17.0 Å². The first-order valence-electron chi connectivity index (χ1n) is 9.55. The molecule has 0 aliphatic carbocycles. The van der Waals surface area contributed by atoms with Crippen molar-refractivity contribution in [1.29, 1.82) is 0 Å². The van der Waals surface area contributed by atoms with Crippen molar-refractivity contribution in [1.82, 2.24) is 30.5 Å². The van der Waals surface area contributed by atoms with Gasteiger partial charge in [0.1, 0.15) is 5.69 Å². The summed E-state index contributed by atoms with van der Waals surface area (Å²) in [6.45, 7) is 3.51. The third-order valence-corrected chi connectivity index (χ3v) is 4.41. The maximum atomic E-state index is 12.7. The van der Waals surface area contributed by atoms with Gasteiger partial charge in [0.15, 0.2) is 16.6 Å². The smallest absolute Gasteiger partial charge is 0.338 e. The zero-order valence-electron chi connectivity index (χ0n) is 18.1. The molecule has 0 unspecified atom stereocenters. The molecule has 0 fully saturated rings. The van der Waals surface area contributed by atoms with Crippen LogP contribution in [0.15, 0.2) is 24.4 Å². The molecule has 12 heteroatoms. The van der Waals surface area contributed by atoms with Gasteiger partial charge >= 0.3 is 5.97 Å². The maximum absolute atomic E-state index is 12.7. The van der Waals surface area contributed by atoms with Gasteiger partial charge in [-0.1, -0.05) is 11.6 Å². The number of anilines is 2. The Kier molecular flexibility index (Phi) is 6.89. The molecule has 0 bridgehead atoms. The van der Waals surface area contributed by atoms with Crippen LogP contribution in [0, 0.1) is 0 Å². The van der Waals surface area contributed by atoms with E-state index in [1.807, 2.05) is 0 Å². The van der Waals surface area contributed by atoms with Gasteiger partial charge in [0.05, 0.1) is 36.3 Å². The molecule has 2 N–H and O–H groups in total. The lowest BCUT2D eigenvalue weighted by Gasteiger charge is -2.17. The number of rotatable bonds is 7. The zero-order chi connectivity index (χ0) is 23.4. The fraction of sp³-hybridized carbons (Fsp3) is 0.300. The van der Waals surface area contributed by atoms with Crippen LogP contribution in [0.5, 0.6) is 5.75 Å². The number of carbonyl (C=O) groups excluding carboxylic acids is 2. The standard InChI is InChI=1S/C20H22ClN7O4/c1-10(2)32-20(30)11-6-12(15-9-23-28(4)27-15)18(31-5)14(7-11)24-13-8-16(21)25-26-17(13)19(29)22-3/h6-10H,1-5H3,(H,22,29)(H,24,25). The molecule has 3 rings (SSSR count). The third kappa shape index (κ3) is 4.94. The Bertz CT molecular complexity index is 1160. The van der Waals surface area contributed by atoms with E-state index in [-0.39, 0.29) is 28.2 Å². The van der Waals surface area contributed by atoms with E-state index in [1.54, 1.807) is 39.2 Å². The van der Waals surface area contributed by atoms with Gasteiger partial charge in [-0.3, -0.25) is 4.79 Å². The highest BCUT2D eigenvalue weighted by molar-refractivity contribution is 6.29. The number of aromatic nitrogens is 5. The SMILES string of the molecule is CNC(=O)c1nnc(Cl)cc1Nc1cc(C(=O)OC(C)C)cc(-c2cnn(C)n2)c1OC. The number of hydrogen-bond donors (Lipinski definition) is 2. The minimum atomic E-state index is -0.534. The molecule has 0 saturated heterocycles. The molecule has 0 aliphatic rings. The van der Waals surface area contributed by atoms with E-state index in [2.05, 4.69) is 31.0 Å². The highest BCUT2D eigenvalue weighted by Gasteiger charge is 2.22. The second kappa shape index (κ2) is 9.60. The van der Waals surface area contributed by atoms with Crippen LogP contribution in [0.3, 0.4) is 0 Å². The van der Waals surface area contributed by atoms with Gasteiger partial charge in [-0.05, 0) is 26.0 Å². The molecule has 1 aromatic carbocycles. The zero-order valence-corrected chi connectivity index (χ0v) is 18.9. The van der Waals surface area contributed by atoms with Gasteiger partial charge in [0, 0.05) is 25.7 Å². The van der Waals surface area contributed by atoms with E-state index in [0.29, 0.717) is 22.7 Å². The fourth-order valence-corrected chi connectivity index (χ4v) is 3.04. The number of nitrogens with zero attached hydrogens (tertiary/aromatic N) is 5. The minimum absolute atomic E-state index is 0.00941. The van der Waals surface area contributed by atoms with Gasteiger partial charge in [-0.2, -0.15) is 15.0 Å². The molecule has 11 nitrogen and oxygen atoms in total. The molecule has 1 amide bonds. The summed E-state index contributed by atoms with van der Waals surface area (Å²) < 4.78 is 11.0. The highest BCUT2D eigenvalue weighted by atomic mass is 35.5. The van der Waals surface area contributed by atoms with Gasteiger partial charge < -0.3 is 20.1 Å². The molecule has 3 aromatic rings. The predicted octanol–water partition coefficient (Wildman–Crippen LogP) is 2.60. The van der Waals surface area contributed by atoms with Crippen molar-refractivity contribution in [3.05, 3.63) is 40.8 Å². The van der Waals surface area contributed by atoms with Crippen molar-refractivity contribution >= 4 is 34.9 Å². The minimum Gasteiger partial charge on any atom is -0.494 e. The van der Waals surface area contributed by atoms with Crippen LogP contribution in [-0.2, 0) is 11.8 Å². The van der Waals surface area contributed by atoms with E-state index in [1.165, 1.54) is 25.0 Å². The molecular weight excluding hydrogens is 438 g/mol. The van der Waals surface area contributed by atoms with E-state index < -0.39 is 11.9 Å². The van der Waals surface area contributed by atoms with Gasteiger partial charge in [0.2, 0.25) is 0 Å². The second-order valence-corrected chi connectivity index (χ2v) is 7.30. The molecular formula is C20H22ClN7O4. The molecule has 32 heavy (non-hydrogen) atoms. The lowest BCUT2D eigenvalue weighted by Crippen LogP contribution is -2.21. The molecule has 0 atom stereocenters. The van der Waals surface area contributed by atoms with E-state index in [4.69, 9.17) is 21.1 Å². The number of methoxy groups -OCH3 is 1. The second-order valence-electron chi connectivity index (χ2n) is 6.91. The van der Waals surface area contributed by atoms with Crippen molar-refractivity contribution in [2.24, 2.45) is 7.05 Å². The summed E-state index contributed by atoms with van der Waals surface area (Å²) in [6, 6.07) is 4.60. The lowest BCUT2D eigenvalue weighted by molar-refractivity contribution is 0.0378. The number of benzene rings is 1. The quantitative estimate of drug-likeness (QED) is 0.511. The number of esters is 1. The summed E-state index contributed by atoms with van der Waals surface area (Å²) in [5, 5.41) is 21.6. The Morgan fingerprint density at radius 1 is 1.16 bits per heavy atom. The monoisotopic (exact) mass is 459 g/mol. The third-order valence-electron chi connectivity index (χ3n) is 4.22. The van der Waals surface area contributed by atoms with Crippen LogP contribution < -0.4 is 15.4 Å². The van der Waals surface area contributed by atoms with Crippen LogP contribution in [0.2, 0.25) is 5.15 Å². The van der Waals surface area contributed by atoms with Crippen molar-refractivity contribution in [3.63, 3.8) is 0 Å². The number of aryl methyl sites for hydroxylation is 1. The first-order chi connectivity index (χ1) is 15.2. The average molecular weight is 460 g/mol. The van der Waals surface area contributed by atoms with Crippen LogP contribution in [0.1, 0.15) is 34.7 Å².